The second-order valence-corrected chi connectivity index (χ2v) is 7.46. The summed E-state index contributed by atoms with van der Waals surface area (Å²) in [6, 6.07) is 6.40. The van der Waals surface area contributed by atoms with Gasteiger partial charge in [-0.25, -0.2) is 8.42 Å². The van der Waals surface area contributed by atoms with Gasteiger partial charge in [-0.2, -0.15) is 5.10 Å². The van der Waals surface area contributed by atoms with Crippen LogP contribution >= 0.6 is 11.8 Å². The second kappa shape index (κ2) is 5.49. The van der Waals surface area contributed by atoms with Crippen molar-refractivity contribution in [2.45, 2.75) is 21.7 Å². The monoisotopic (exact) mass is 327 g/mol. The van der Waals surface area contributed by atoms with Crippen molar-refractivity contribution in [1.29, 1.82) is 0 Å². The van der Waals surface area contributed by atoms with Crippen molar-refractivity contribution in [3.8, 4) is 0 Å². The Morgan fingerprint density at radius 1 is 1.33 bits per heavy atom. The quantitative estimate of drug-likeness (QED) is 0.631. The summed E-state index contributed by atoms with van der Waals surface area (Å²) in [6.45, 7) is 1.55. The van der Waals surface area contributed by atoms with Crippen molar-refractivity contribution in [3.05, 3.63) is 40.1 Å². The number of aryl methyl sites for hydroxylation is 2. The average Bonchev–Trinajstić information content (AvgIpc) is 2.63. The van der Waals surface area contributed by atoms with Gasteiger partial charge in [0.15, 0.2) is 14.9 Å². The fourth-order valence-corrected chi connectivity index (χ4v) is 4.25. The van der Waals surface area contributed by atoms with Crippen molar-refractivity contribution >= 4 is 27.3 Å². The van der Waals surface area contributed by atoms with Crippen molar-refractivity contribution < 1.29 is 13.3 Å². The van der Waals surface area contributed by atoms with E-state index >= 15 is 0 Å². The molecule has 7 nitrogen and oxygen atoms in total. The van der Waals surface area contributed by atoms with Crippen LogP contribution in [-0.4, -0.2) is 29.4 Å². The molecule has 0 N–H and O–H groups in total. The van der Waals surface area contributed by atoms with Gasteiger partial charge in [0.1, 0.15) is 5.69 Å². The molecule has 1 heterocycles. The van der Waals surface area contributed by atoms with Crippen molar-refractivity contribution in [2.24, 2.45) is 7.05 Å². The van der Waals surface area contributed by atoms with Crippen LogP contribution in [0.4, 0.5) is 5.69 Å². The molecule has 0 aliphatic carbocycles. The molecule has 2 aromatic rings. The smallest absolute Gasteiger partial charge is 0.258 e. The Morgan fingerprint density at radius 3 is 2.52 bits per heavy atom. The van der Waals surface area contributed by atoms with Gasteiger partial charge in [-0.3, -0.25) is 14.8 Å². The summed E-state index contributed by atoms with van der Waals surface area (Å²) in [7, 11) is -1.82. The number of nitrogens with zero attached hydrogens (tertiary/aromatic N) is 3. The molecule has 0 saturated heterocycles. The molecule has 0 unspecified atom stereocenters. The standard InChI is InChI=1S/C12H13N3O4S2/c1-8-11(15(16)17)12(14(2)13-8)20-9-6-4-5-7-10(9)21(3,18)19/h4-7H,1-3H3. The summed E-state index contributed by atoms with van der Waals surface area (Å²) in [4.78, 5) is 11.2. The lowest BCUT2D eigenvalue weighted by atomic mass is 10.4. The SMILES string of the molecule is Cc1nn(C)c(Sc2ccccc2S(C)(=O)=O)c1[N+](=O)[O-]. The third-order valence-corrected chi connectivity index (χ3v) is 5.29. The highest BCUT2D eigenvalue weighted by Crippen LogP contribution is 2.38. The average molecular weight is 327 g/mol. The van der Waals surface area contributed by atoms with Crippen LogP contribution in [0.5, 0.6) is 0 Å². The Bertz CT molecular complexity index is 812. The van der Waals surface area contributed by atoms with Gasteiger partial charge < -0.3 is 0 Å². The predicted molar refractivity (Wildman–Crippen MR) is 78.3 cm³/mol. The highest BCUT2D eigenvalue weighted by atomic mass is 32.2. The van der Waals surface area contributed by atoms with Crippen LogP contribution in [0, 0.1) is 17.0 Å². The van der Waals surface area contributed by atoms with Gasteiger partial charge in [0.2, 0.25) is 0 Å². The lowest BCUT2D eigenvalue weighted by molar-refractivity contribution is -0.388. The normalized spacial score (nSPS) is 11.6. The lowest BCUT2D eigenvalue weighted by Gasteiger charge is -2.07. The van der Waals surface area contributed by atoms with Crippen LogP contribution in [0.25, 0.3) is 0 Å². The van der Waals surface area contributed by atoms with E-state index in [1.807, 2.05) is 0 Å². The molecule has 112 valence electrons. The lowest BCUT2D eigenvalue weighted by Crippen LogP contribution is -2.00. The van der Waals surface area contributed by atoms with Crippen LogP contribution in [0.3, 0.4) is 0 Å². The van der Waals surface area contributed by atoms with Crippen molar-refractivity contribution in [1.82, 2.24) is 9.78 Å². The number of aromatic nitrogens is 2. The van der Waals surface area contributed by atoms with E-state index in [1.165, 1.54) is 10.7 Å². The van der Waals surface area contributed by atoms with E-state index in [-0.39, 0.29) is 10.6 Å². The molecule has 0 fully saturated rings. The summed E-state index contributed by atoms with van der Waals surface area (Å²) in [5, 5.41) is 15.5. The molecule has 0 bridgehead atoms. The van der Waals surface area contributed by atoms with Gasteiger partial charge in [0, 0.05) is 18.2 Å². The molecular weight excluding hydrogens is 314 g/mol. The van der Waals surface area contributed by atoms with Crippen molar-refractivity contribution in [3.63, 3.8) is 0 Å². The van der Waals surface area contributed by atoms with E-state index in [9.17, 15) is 18.5 Å². The maximum absolute atomic E-state index is 11.8. The minimum absolute atomic E-state index is 0.106. The van der Waals surface area contributed by atoms with Gasteiger partial charge in [-0.1, -0.05) is 23.9 Å². The minimum atomic E-state index is -3.41. The number of hydrogen-bond acceptors (Lipinski definition) is 6. The molecule has 2 rings (SSSR count). The van der Waals surface area contributed by atoms with Gasteiger partial charge in [-0.05, 0) is 19.1 Å². The van der Waals surface area contributed by atoms with Gasteiger partial charge in [0.05, 0.1) is 9.82 Å². The predicted octanol–water partition coefficient (Wildman–Crippen LogP) is 2.19. The van der Waals surface area contributed by atoms with Crippen molar-refractivity contribution in [2.75, 3.05) is 6.26 Å². The fourth-order valence-electron chi connectivity index (χ4n) is 1.90. The number of hydrogen-bond donors (Lipinski definition) is 0. The first-order valence-corrected chi connectivity index (χ1v) is 8.57. The Morgan fingerprint density at radius 2 is 1.95 bits per heavy atom. The van der Waals surface area contributed by atoms with Crippen LogP contribution < -0.4 is 0 Å². The Hall–Kier alpha value is -1.87. The first-order chi connectivity index (χ1) is 9.71. The third kappa shape index (κ3) is 3.08. The molecule has 9 heteroatoms. The minimum Gasteiger partial charge on any atom is -0.258 e. The molecule has 0 saturated carbocycles. The zero-order chi connectivity index (χ0) is 15.8. The molecule has 0 aliphatic heterocycles. The van der Waals surface area contributed by atoms with Crippen LogP contribution in [0.15, 0.2) is 39.1 Å². The Kier molecular flexibility index (Phi) is 4.06. The topological polar surface area (TPSA) is 95.1 Å². The molecular formula is C12H13N3O4S2. The molecule has 1 aromatic heterocycles. The Balaban J connectivity index is 2.57. The highest BCUT2D eigenvalue weighted by molar-refractivity contribution is 8.00. The van der Waals surface area contributed by atoms with Gasteiger partial charge in [0.25, 0.3) is 0 Å². The molecule has 0 amide bonds. The molecule has 0 aliphatic rings. The van der Waals surface area contributed by atoms with Gasteiger partial charge >= 0.3 is 5.69 Å². The summed E-state index contributed by atoms with van der Waals surface area (Å²) in [6.07, 6.45) is 1.11. The van der Waals surface area contributed by atoms with E-state index in [2.05, 4.69) is 5.10 Å². The van der Waals surface area contributed by atoms with E-state index < -0.39 is 14.8 Å². The molecule has 1 aromatic carbocycles. The number of nitro groups is 1. The van der Waals surface area contributed by atoms with E-state index in [4.69, 9.17) is 0 Å². The molecule has 0 atom stereocenters. The van der Waals surface area contributed by atoms with Crippen LogP contribution in [-0.2, 0) is 16.9 Å². The first-order valence-electron chi connectivity index (χ1n) is 5.86. The zero-order valence-electron chi connectivity index (χ0n) is 11.6. The van der Waals surface area contributed by atoms with Gasteiger partial charge in [-0.15, -0.1) is 0 Å². The fraction of sp³-hybridized carbons (Fsp3) is 0.250. The first kappa shape index (κ1) is 15.5. The summed E-state index contributed by atoms with van der Waals surface area (Å²) < 4.78 is 25.0. The number of benzene rings is 1. The highest BCUT2D eigenvalue weighted by Gasteiger charge is 2.26. The summed E-state index contributed by atoms with van der Waals surface area (Å²) >= 11 is 1.02. The summed E-state index contributed by atoms with van der Waals surface area (Å²) in [5.74, 6) is 0. The third-order valence-electron chi connectivity index (χ3n) is 2.78. The zero-order valence-corrected chi connectivity index (χ0v) is 13.2. The maximum atomic E-state index is 11.8. The van der Waals surface area contributed by atoms with Crippen LogP contribution in [0.1, 0.15) is 5.69 Å². The van der Waals surface area contributed by atoms with E-state index in [1.54, 1.807) is 32.2 Å². The second-order valence-electron chi connectivity index (χ2n) is 4.44. The van der Waals surface area contributed by atoms with Crippen LogP contribution in [0.2, 0.25) is 0 Å². The summed E-state index contributed by atoms with van der Waals surface area (Å²) in [5.41, 5.74) is 0.188. The number of rotatable bonds is 4. The maximum Gasteiger partial charge on any atom is 0.324 e. The van der Waals surface area contributed by atoms with E-state index in [0.717, 1.165) is 18.0 Å². The molecule has 0 spiro atoms. The molecule has 21 heavy (non-hydrogen) atoms. The van der Waals surface area contributed by atoms with E-state index in [0.29, 0.717) is 15.6 Å². The number of sulfone groups is 1. The molecule has 0 radical (unpaired) electrons. The Labute approximate surface area is 126 Å². The largest absolute Gasteiger partial charge is 0.324 e.